The summed E-state index contributed by atoms with van der Waals surface area (Å²) < 4.78 is 25.8. The number of aryl methyl sites for hydroxylation is 1. The largest absolute Gasteiger partial charge is 0.493 e. The molecular formula is C36H30BrN3O8S. The number of carbonyl (C=O) groups is 1. The van der Waals surface area contributed by atoms with Gasteiger partial charge in [0, 0.05) is 17.7 Å². The van der Waals surface area contributed by atoms with E-state index in [-0.39, 0.29) is 23.6 Å². The SMILES string of the molecule is CCOC(=O)C1=C(C)N=c2s/c(=C\c3cc(Br)c(OCc4ccccc4)c(OC)c3)c(=O)n2[C@H]1c1ccc(-c2cc([N+](=O)[O-])ccc2C)o1. The number of methoxy groups -OCH3 is 1. The number of nitro benzene ring substituents is 1. The maximum absolute atomic E-state index is 14.2. The summed E-state index contributed by atoms with van der Waals surface area (Å²) in [6.07, 6.45) is 1.72. The Morgan fingerprint density at radius 3 is 2.61 bits per heavy atom. The number of thiazole rings is 1. The lowest BCUT2D eigenvalue weighted by Crippen LogP contribution is -2.39. The van der Waals surface area contributed by atoms with Gasteiger partial charge in [-0.25, -0.2) is 9.79 Å². The van der Waals surface area contributed by atoms with E-state index >= 15 is 0 Å². The van der Waals surface area contributed by atoms with E-state index in [9.17, 15) is 19.7 Å². The number of hydrogen-bond donors (Lipinski definition) is 0. The molecule has 0 unspecified atom stereocenters. The third kappa shape index (κ3) is 6.72. The number of non-ortho nitro benzene ring substituents is 1. The van der Waals surface area contributed by atoms with Crippen molar-refractivity contribution < 1.29 is 28.3 Å². The molecule has 0 saturated carbocycles. The molecule has 3 aromatic carbocycles. The highest BCUT2D eigenvalue weighted by molar-refractivity contribution is 9.10. The van der Waals surface area contributed by atoms with Crippen LogP contribution in [0.1, 0.15) is 42.3 Å². The summed E-state index contributed by atoms with van der Waals surface area (Å²) in [6, 6.07) is 20.2. The molecule has 250 valence electrons. The molecular weight excluding hydrogens is 714 g/mol. The van der Waals surface area contributed by atoms with Crippen molar-refractivity contribution in [2.24, 2.45) is 4.99 Å². The maximum atomic E-state index is 14.2. The summed E-state index contributed by atoms with van der Waals surface area (Å²) in [5, 5.41) is 11.5. The standard InChI is InChI=1S/C36H30BrN3O8S/c1-5-46-35(42)31-21(3)38-36-39(32(31)28-14-13-27(48-28)25-18-24(40(43)44)12-11-20(25)2)34(41)30(49-36)17-23-15-26(37)33(29(16-23)45-4)47-19-22-9-7-6-8-10-22/h6-18,32H,5,19H2,1-4H3/b30-17-/t32-/m0/s1. The minimum Gasteiger partial charge on any atom is -0.493 e. The molecule has 0 aliphatic carbocycles. The van der Waals surface area contributed by atoms with Gasteiger partial charge in [0.25, 0.3) is 11.2 Å². The molecule has 1 aliphatic rings. The molecule has 0 fully saturated rings. The Bertz CT molecular complexity index is 2310. The summed E-state index contributed by atoms with van der Waals surface area (Å²) in [5.74, 6) is 0.986. The van der Waals surface area contributed by atoms with Gasteiger partial charge in [-0.2, -0.15) is 0 Å². The van der Waals surface area contributed by atoms with Crippen molar-refractivity contribution in [3.63, 3.8) is 0 Å². The third-order valence-corrected chi connectivity index (χ3v) is 9.46. The number of fused-ring (bicyclic) bond motifs is 1. The molecule has 0 saturated heterocycles. The molecule has 0 bridgehead atoms. The topological polar surface area (TPSA) is 135 Å². The summed E-state index contributed by atoms with van der Waals surface area (Å²) in [7, 11) is 1.54. The molecule has 5 aromatic rings. The van der Waals surface area contributed by atoms with E-state index in [0.717, 1.165) is 11.1 Å². The van der Waals surface area contributed by atoms with Crippen LogP contribution in [0.25, 0.3) is 17.4 Å². The number of aromatic nitrogens is 1. The average Bonchev–Trinajstić information content (AvgIpc) is 3.68. The van der Waals surface area contributed by atoms with Crippen molar-refractivity contribution in [3.8, 4) is 22.8 Å². The zero-order chi connectivity index (χ0) is 34.8. The highest BCUT2D eigenvalue weighted by Gasteiger charge is 2.35. The Balaban J connectivity index is 1.44. The van der Waals surface area contributed by atoms with Crippen molar-refractivity contribution in [1.82, 2.24) is 4.57 Å². The second-order valence-electron chi connectivity index (χ2n) is 11.1. The first kappa shape index (κ1) is 33.6. The van der Waals surface area contributed by atoms with E-state index in [1.165, 1.54) is 28.0 Å². The fraction of sp³-hybridized carbons (Fsp3) is 0.194. The van der Waals surface area contributed by atoms with E-state index in [1.54, 1.807) is 51.3 Å². The molecule has 0 radical (unpaired) electrons. The summed E-state index contributed by atoms with van der Waals surface area (Å²) in [5.41, 5.74) is 2.98. The molecule has 2 aromatic heterocycles. The minimum absolute atomic E-state index is 0.0893. The second-order valence-corrected chi connectivity index (χ2v) is 12.9. The molecule has 0 N–H and O–H groups in total. The Kier molecular flexibility index (Phi) is 9.65. The van der Waals surface area contributed by atoms with Crippen LogP contribution in [-0.4, -0.2) is 29.2 Å². The van der Waals surface area contributed by atoms with E-state index in [2.05, 4.69) is 20.9 Å². The molecule has 1 aliphatic heterocycles. The van der Waals surface area contributed by atoms with Crippen molar-refractivity contribution in [2.75, 3.05) is 13.7 Å². The number of esters is 1. The first-order chi connectivity index (χ1) is 23.6. The monoisotopic (exact) mass is 743 g/mol. The number of ether oxygens (including phenoxy) is 3. The fourth-order valence-electron chi connectivity index (χ4n) is 5.54. The van der Waals surface area contributed by atoms with Gasteiger partial charge >= 0.3 is 5.97 Å². The Labute approximate surface area is 292 Å². The smallest absolute Gasteiger partial charge is 0.338 e. The number of halogens is 1. The highest BCUT2D eigenvalue weighted by Crippen LogP contribution is 2.38. The van der Waals surface area contributed by atoms with Crippen LogP contribution in [0.15, 0.2) is 103 Å². The van der Waals surface area contributed by atoms with Crippen molar-refractivity contribution >= 4 is 45.0 Å². The number of hydrogen-bond acceptors (Lipinski definition) is 10. The van der Waals surface area contributed by atoms with Gasteiger partial charge in [-0.1, -0.05) is 47.7 Å². The lowest BCUT2D eigenvalue weighted by Gasteiger charge is -2.22. The zero-order valence-corrected chi connectivity index (χ0v) is 29.3. The molecule has 0 spiro atoms. The van der Waals surface area contributed by atoms with Gasteiger partial charge in [0.1, 0.15) is 24.2 Å². The molecule has 1 atom stereocenters. The van der Waals surface area contributed by atoms with Gasteiger partial charge < -0.3 is 18.6 Å². The Morgan fingerprint density at radius 2 is 1.90 bits per heavy atom. The van der Waals surface area contributed by atoms with Crippen LogP contribution in [0, 0.1) is 17.0 Å². The number of carbonyl (C=O) groups excluding carboxylic acids is 1. The number of nitro groups is 1. The van der Waals surface area contributed by atoms with Crippen LogP contribution in [0.2, 0.25) is 0 Å². The van der Waals surface area contributed by atoms with Gasteiger partial charge in [0.2, 0.25) is 0 Å². The molecule has 0 amide bonds. The number of allylic oxidation sites excluding steroid dienone is 1. The summed E-state index contributed by atoms with van der Waals surface area (Å²) >= 11 is 4.76. The fourth-order valence-corrected chi connectivity index (χ4v) is 7.16. The Hall–Kier alpha value is -5.27. The number of benzene rings is 3. The van der Waals surface area contributed by atoms with Crippen LogP contribution in [0.5, 0.6) is 11.5 Å². The van der Waals surface area contributed by atoms with E-state index in [0.29, 0.717) is 54.5 Å². The van der Waals surface area contributed by atoms with Crippen LogP contribution in [0.4, 0.5) is 5.69 Å². The van der Waals surface area contributed by atoms with Gasteiger partial charge in [0.15, 0.2) is 16.3 Å². The normalized spacial score (nSPS) is 14.3. The third-order valence-electron chi connectivity index (χ3n) is 7.89. The molecule has 13 heteroatoms. The highest BCUT2D eigenvalue weighted by atomic mass is 79.9. The number of nitrogens with zero attached hydrogens (tertiary/aromatic N) is 3. The summed E-state index contributed by atoms with van der Waals surface area (Å²) in [4.78, 5) is 43.5. The van der Waals surface area contributed by atoms with Crippen LogP contribution < -0.4 is 24.4 Å². The lowest BCUT2D eigenvalue weighted by molar-refractivity contribution is -0.384. The first-order valence-electron chi connectivity index (χ1n) is 15.2. The van der Waals surface area contributed by atoms with E-state index in [1.807, 2.05) is 43.3 Å². The van der Waals surface area contributed by atoms with Gasteiger partial charge in [-0.15, -0.1) is 0 Å². The molecule has 3 heterocycles. The van der Waals surface area contributed by atoms with Crippen molar-refractivity contribution in [1.29, 1.82) is 0 Å². The van der Waals surface area contributed by atoms with Crippen LogP contribution in [-0.2, 0) is 16.1 Å². The zero-order valence-electron chi connectivity index (χ0n) is 26.9. The van der Waals surface area contributed by atoms with Gasteiger partial charge in [-0.3, -0.25) is 19.5 Å². The summed E-state index contributed by atoms with van der Waals surface area (Å²) in [6.45, 7) is 5.64. The molecule has 6 rings (SSSR count). The Morgan fingerprint density at radius 1 is 1.12 bits per heavy atom. The average molecular weight is 745 g/mol. The first-order valence-corrected chi connectivity index (χ1v) is 16.8. The van der Waals surface area contributed by atoms with Gasteiger partial charge in [0.05, 0.1) is 38.9 Å². The second kappa shape index (κ2) is 14.1. The van der Waals surface area contributed by atoms with Crippen molar-refractivity contribution in [3.05, 3.63) is 141 Å². The number of rotatable bonds is 10. The van der Waals surface area contributed by atoms with Crippen molar-refractivity contribution in [2.45, 2.75) is 33.4 Å². The predicted molar refractivity (Wildman–Crippen MR) is 187 cm³/mol. The lowest BCUT2D eigenvalue weighted by atomic mass is 10.0. The molecule has 49 heavy (non-hydrogen) atoms. The predicted octanol–water partition coefficient (Wildman–Crippen LogP) is 6.63. The minimum atomic E-state index is -1.000. The number of furan rings is 1. The van der Waals surface area contributed by atoms with Crippen LogP contribution >= 0.6 is 27.3 Å². The van der Waals surface area contributed by atoms with Gasteiger partial charge in [-0.05, 0) is 83.7 Å². The molecule has 11 nitrogen and oxygen atoms in total. The quantitative estimate of drug-likeness (QED) is 0.0885. The van der Waals surface area contributed by atoms with Crippen LogP contribution in [0.3, 0.4) is 0 Å². The van der Waals surface area contributed by atoms with E-state index in [4.69, 9.17) is 18.6 Å². The van der Waals surface area contributed by atoms with E-state index < -0.39 is 22.5 Å². The maximum Gasteiger partial charge on any atom is 0.338 e.